The Hall–Kier alpha value is -3.07. The lowest BCUT2D eigenvalue weighted by atomic mass is 9.68. The lowest BCUT2D eigenvalue weighted by Gasteiger charge is -2.43. The molecule has 6 rings (SSSR count). The van der Waals surface area contributed by atoms with Crippen molar-refractivity contribution < 1.29 is 4.79 Å². The van der Waals surface area contributed by atoms with Gasteiger partial charge in [-0.15, -0.1) is 0 Å². The van der Waals surface area contributed by atoms with Gasteiger partial charge >= 0.3 is 0 Å². The number of carbonyl (C=O) groups is 1. The molecule has 5 atom stereocenters. The Kier molecular flexibility index (Phi) is 4.56. The average molecular weight is 409 g/mol. The minimum absolute atomic E-state index is 0.0107. The van der Waals surface area contributed by atoms with Gasteiger partial charge in [-0.25, -0.2) is 0 Å². The van der Waals surface area contributed by atoms with Crippen LogP contribution in [0.25, 0.3) is 0 Å². The third kappa shape index (κ3) is 3.23. The van der Waals surface area contributed by atoms with Crippen molar-refractivity contribution >= 4 is 11.6 Å². The first-order chi connectivity index (χ1) is 15.3. The van der Waals surface area contributed by atoms with E-state index in [0.717, 1.165) is 23.0 Å². The standard InChI is InChI=1S/C28H28N2O/c31-28(29-17-18-7-3-1-4-8-18)22-13-14-24-23(16-22)25-20-11-12-21(15-20)26(25)27(30-24)19-9-5-2-6-10-19/h1-10,13-14,16,20-21,25-27,30H,11-12,15,17H2,(H,29,31). The Balaban J connectivity index is 1.30. The number of rotatable bonds is 4. The van der Waals surface area contributed by atoms with Gasteiger partial charge in [0.15, 0.2) is 0 Å². The van der Waals surface area contributed by atoms with E-state index < -0.39 is 0 Å². The van der Waals surface area contributed by atoms with E-state index in [1.807, 2.05) is 36.4 Å². The highest BCUT2D eigenvalue weighted by Crippen LogP contribution is 2.63. The number of nitrogens with one attached hydrogen (secondary N) is 2. The maximum Gasteiger partial charge on any atom is 0.251 e. The van der Waals surface area contributed by atoms with Crippen LogP contribution in [-0.2, 0) is 6.54 Å². The molecule has 31 heavy (non-hydrogen) atoms. The summed E-state index contributed by atoms with van der Waals surface area (Å²) in [6.07, 6.45) is 4.02. The summed E-state index contributed by atoms with van der Waals surface area (Å²) >= 11 is 0. The normalized spacial score (nSPS) is 27.8. The predicted molar refractivity (Wildman–Crippen MR) is 124 cm³/mol. The molecule has 0 spiro atoms. The molecule has 2 aliphatic carbocycles. The molecular formula is C28H28N2O. The van der Waals surface area contributed by atoms with Gasteiger partial charge in [-0.05, 0) is 77.8 Å². The molecule has 2 N–H and O–H groups in total. The van der Waals surface area contributed by atoms with Gasteiger partial charge in [0.05, 0.1) is 6.04 Å². The zero-order valence-corrected chi connectivity index (χ0v) is 17.6. The SMILES string of the molecule is O=C(NCc1ccccc1)c1ccc2c(c1)C1C3CCC(C3)C1C(c1ccccc1)N2. The van der Waals surface area contributed by atoms with Crippen LogP contribution in [0, 0.1) is 17.8 Å². The van der Waals surface area contributed by atoms with Crippen LogP contribution in [0.15, 0.2) is 78.9 Å². The molecule has 0 saturated heterocycles. The fourth-order valence-corrected chi connectivity index (χ4v) is 6.50. The summed E-state index contributed by atoms with van der Waals surface area (Å²) in [5, 5.41) is 6.95. The summed E-state index contributed by atoms with van der Waals surface area (Å²) in [6, 6.07) is 27.6. The lowest BCUT2D eigenvalue weighted by molar-refractivity contribution is 0.0950. The van der Waals surface area contributed by atoms with Crippen molar-refractivity contribution in [2.24, 2.45) is 17.8 Å². The van der Waals surface area contributed by atoms with E-state index in [-0.39, 0.29) is 5.91 Å². The van der Waals surface area contributed by atoms with Gasteiger partial charge in [0.1, 0.15) is 0 Å². The molecule has 2 bridgehead atoms. The molecule has 1 heterocycles. The number of amides is 1. The highest BCUT2D eigenvalue weighted by molar-refractivity contribution is 5.95. The number of hydrogen-bond acceptors (Lipinski definition) is 2. The maximum atomic E-state index is 12.9. The van der Waals surface area contributed by atoms with Gasteiger partial charge < -0.3 is 10.6 Å². The molecule has 1 aliphatic heterocycles. The molecule has 3 heteroatoms. The molecule has 2 fully saturated rings. The second-order valence-electron chi connectivity index (χ2n) is 9.44. The van der Waals surface area contributed by atoms with E-state index in [4.69, 9.17) is 0 Å². The van der Waals surface area contributed by atoms with Gasteiger partial charge in [-0.1, -0.05) is 60.7 Å². The average Bonchev–Trinajstić information content (AvgIpc) is 3.46. The van der Waals surface area contributed by atoms with Gasteiger partial charge in [0.25, 0.3) is 5.91 Å². The summed E-state index contributed by atoms with van der Waals surface area (Å²) in [6.45, 7) is 0.557. The topological polar surface area (TPSA) is 41.1 Å². The Labute approximate surface area is 183 Å². The summed E-state index contributed by atoms with van der Waals surface area (Å²) in [5.41, 5.74) is 5.85. The van der Waals surface area contributed by atoms with Crippen LogP contribution >= 0.6 is 0 Å². The van der Waals surface area contributed by atoms with E-state index in [2.05, 4.69) is 53.1 Å². The van der Waals surface area contributed by atoms with Crippen molar-refractivity contribution in [3.05, 3.63) is 101 Å². The predicted octanol–water partition coefficient (Wildman–Crippen LogP) is 5.91. The number of fused-ring (bicyclic) bond motifs is 7. The fraction of sp³-hybridized carbons (Fsp3) is 0.321. The Morgan fingerprint density at radius 3 is 2.45 bits per heavy atom. The second kappa shape index (κ2) is 7.56. The van der Waals surface area contributed by atoms with Crippen LogP contribution in [0.2, 0.25) is 0 Å². The number of anilines is 1. The molecule has 3 aromatic carbocycles. The molecule has 0 aromatic heterocycles. The van der Waals surface area contributed by atoms with Crippen molar-refractivity contribution in [2.75, 3.05) is 5.32 Å². The Morgan fingerprint density at radius 2 is 1.65 bits per heavy atom. The first-order valence-electron chi connectivity index (χ1n) is 11.6. The number of carbonyl (C=O) groups excluding carboxylic acids is 1. The smallest absolute Gasteiger partial charge is 0.251 e. The van der Waals surface area contributed by atoms with Crippen LogP contribution in [0.4, 0.5) is 5.69 Å². The van der Waals surface area contributed by atoms with Crippen LogP contribution in [0.3, 0.4) is 0 Å². The zero-order valence-electron chi connectivity index (χ0n) is 17.6. The van der Waals surface area contributed by atoms with E-state index in [1.54, 1.807) is 0 Å². The van der Waals surface area contributed by atoms with E-state index >= 15 is 0 Å². The summed E-state index contributed by atoms with van der Waals surface area (Å²) in [5.74, 6) is 2.73. The summed E-state index contributed by atoms with van der Waals surface area (Å²) in [4.78, 5) is 12.9. The first kappa shape index (κ1) is 18.7. The van der Waals surface area contributed by atoms with Crippen molar-refractivity contribution in [3.8, 4) is 0 Å². The molecule has 3 aliphatic rings. The lowest BCUT2D eigenvalue weighted by Crippen LogP contribution is -2.35. The molecular weight excluding hydrogens is 380 g/mol. The van der Waals surface area contributed by atoms with Crippen LogP contribution in [-0.4, -0.2) is 5.91 Å². The minimum atomic E-state index is 0.0107. The first-order valence-corrected chi connectivity index (χ1v) is 11.6. The molecule has 0 radical (unpaired) electrons. The highest BCUT2D eigenvalue weighted by Gasteiger charge is 2.53. The van der Waals surface area contributed by atoms with Gasteiger partial charge in [-0.3, -0.25) is 4.79 Å². The van der Waals surface area contributed by atoms with Crippen LogP contribution < -0.4 is 10.6 Å². The van der Waals surface area contributed by atoms with E-state index in [9.17, 15) is 4.79 Å². The minimum Gasteiger partial charge on any atom is -0.378 e. The molecule has 5 unspecified atom stereocenters. The molecule has 2 saturated carbocycles. The third-order valence-electron chi connectivity index (χ3n) is 7.80. The Morgan fingerprint density at radius 1 is 0.903 bits per heavy atom. The van der Waals surface area contributed by atoms with E-state index in [0.29, 0.717) is 24.4 Å². The summed E-state index contributed by atoms with van der Waals surface area (Å²) < 4.78 is 0. The van der Waals surface area contributed by atoms with Gasteiger partial charge in [0.2, 0.25) is 0 Å². The van der Waals surface area contributed by atoms with Crippen molar-refractivity contribution in [1.29, 1.82) is 0 Å². The maximum absolute atomic E-state index is 12.9. The molecule has 3 aromatic rings. The zero-order chi connectivity index (χ0) is 20.8. The third-order valence-corrected chi connectivity index (χ3v) is 7.80. The number of hydrogen-bond donors (Lipinski definition) is 2. The quantitative estimate of drug-likeness (QED) is 0.563. The molecule has 1 amide bonds. The van der Waals surface area contributed by atoms with Gasteiger partial charge in [0, 0.05) is 17.8 Å². The number of benzene rings is 3. The molecule has 156 valence electrons. The second-order valence-corrected chi connectivity index (χ2v) is 9.44. The van der Waals surface area contributed by atoms with Crippen molar-refractivity contribution in [3.63, 3.8) is 0 Å². The van der Waals surface area contributed by atoms with Crippen molar-refractivity contribution in [1.82, 2.24) is 5.32 Å². The van der Waals surface area contributed by atoms with Crippen LogP contribution in [0.1, 0.15) is 58.3 Å². The van der Waals surface area contributed by atoms with Crippen LogP contribution in [0.5, 0.6) is 0 Å². The van der Waals surface area contributed by atoms with E-state index in [1.165, 1.54) is 36.1 Å². The Bertz CT molecular complexity index is 1090. The van der Waals surface area contributed by atoms with Gasteiger partial charge in [-0.2, -0.15) is 0 Å². The van der Waals surface area contributed by atoms with Crippen molar-refractivity contribution in [2.45, 2.75) is 37.8 Å². The summed E-state index contributed by atoms with van der Waals surface area (Å²) in [7, 11) is 0. The largest absolute Gasteiger partial charge is 0.378 e. The highest BCUT2D eigenvalue weighted by atomic mass is 16.1. The fourth-order valence-electron chi connectivity index (χ4n) is 6.50. The molecule has 3 nitrogen and oxygen atoms in total. The monoisotopic (exact) mass is 408 g/mol.